The Morgan fingerprint density at radius 1 is 1.08 bits per heavy atom. The Bertz CT molecular complexity index is 807. The highest BCUT2D eigenvalue weighted by atomic mass is 28.3. The first-order valence-corrected chi connectivity index (χ1v) is 11.9. The highest BCUT2D eigenvalue weighted by Gasteiger charge is 2.42. The van der Waals surface area contributed by atoms with Gasteiger partial charge in [-0.05, 0) is 28.5 Å². The highest BCUT2D eigenvalue weighted by Crippen LogP contribution is 2.43. The van der Waals surface area contributed by atoms with Crippen LogP contribution in [0.4, 0.5) is 0 Å². The van der Waals surface area contributed by atoms with Crippen molar-refractivity contribution in [2.24, 2.45) is 0 Å². The number of likely N-dealkylation sites (N-methyl/N-ethyl adjacent to an activating group) is 1. The molecule has 130 valence electrons. The summed E-state index contributed by atoms with van der Waals surface area (Å²) >= 11 is 0. The lowest BCUT2D eigenvalue weighted by Gasteiger charge is -2.36. The molecule has 0 saturated carbocycles. The van der Waals surface area contributed by atoms with Gasteiger partial charge in [0.25, 0.3) is 0 Å². The SMILES string of the molecule is C=CCOc1ccccc1[Si](C)(C)C1C(N(C)C)=Cc2ccccc21. The molecule has 0 amide bonds. The number of fused-ring (bicyclic) bond motifs is 1. The Kier molecular flexibility index (Phi) is 4.86. The van der Waals surface area contributed by atoms with Gasteiger partial charge in [0.2, 0.25) is 0 Å². The smallest absolute Gasteiger partial charge is 0.119 e. The van der Waals surface area contributed by atoms with Gasteiger partial charge >= 0.3 is 0 Å². The maximum absolute atomic E-state index is 6.00. The highest BCUT2D eigenvalue weighted by molar-refractivity contribution is 6.92. The van der Waals surface area contributed by atoms with Crippen LogP contribution < -0.4 is 9.92 Å². The van der Waals surface area contributed by atoms with Gasteiger partial charge in [0, 0.05) is 25.3 Å². The van der Waals surface area contributed by atoms with Gasteiger partial charge in [-0.2, -0.15) is 0 Å². The second kappa shape index (κ2) is 6.93. The molecule has 0 bridgehead atoms. The van der Waals surface area contributed by atoms with Gasteiger partial charge in [-0.25, -0.2) is 0 Å². The lowest BCUT2D eigenvalue weighted by Crippen LogP contribution is -2.49. The third-order valence-electron chi connectivity index (χ3n) is 5.08. The van der Waals surface area contributed by atoms with Gasteiger partial charge in [-0.15, -0.1) is 0 Å². The topological polar surface area (TPSA) is 12.5 Å². The fourth-order valence-corrected chi connectivity index (χ4v) is 7.63. The molecule has 3 rings (SSSR count). The lowest BCUT2D eigenvalue weighted by atomic mass is 10.1. The van der Waals surface area contributed by atoms with E-state index in [2.05, 4.69) is 93.3 Å². The van der Waals surface area contributed by atoms with Crippen molar-refractivity contribution in [1.29, 1.82) is 0 Å². The van der Waals surface area contributed by atoms with Crippen molar-refractivity contribution in [1.82, 2.24) is 4.90 Å². The molecule has 2 nitrogen and oxygen atoms in total. The predicted molar refractivity (Wildman–Crippen MR) is 110 cm³/mol. The van der Waals surface area contributed by atoms with Crippen molar-refractivity contribution in [2.45, 2.75) is 18.6 Å². The van der Waals surface area contributed by atoms with Gasteiger partial charge in [0.15, 0.2) is 0 Å². The average Bonchev–Trinajstić information content (AvgIpc) is 3.01. The van der Waals surface area contributed by atoms with Crippen molar-refractivity contribution in [3.05, 3.63) is 78.0 Å². The maximum atomic E-state index is 6.00. The molecule has 3 heteroatoms. The number of allylic oxidation sites excluding steroid dienone is 1. The van der Waals surface area contributed by atoms with Crippen molar-refractivity contribution >= 4 is 19.3 Å². The Hall–Kier alpha value is -2.26. The van der Waals surface area contributed by atoms with Crippen molar-refractivity contribution < 1.29 is 4.74 Å². The number of ether oxygens (including phenoxy) is 1. The molecule has 0 aromatic heterocycles. The second-order valence-electron chi connectivity index (χ2n) is 7.34. The van der Waals surface area contributed by atoms with E-state index in [9.17, 15) is 0 Å². The summed E-state index contributed by atoms with van der Waals surface area (Å²) in [6, 6.07) is 17.3. The van der Waals surface area contributed by atoms with Crippen LogP contribution >= 0.6 is 0 Å². The molecule has 0 radical (unpaired) electrons. The summed E-state index contributed by atoms with van der Waals surface area (Å²) in [7, 11) is 2.41. The monoisotopic (exact) mass is 349 g/mol. The number of hydrogen-bond donors (Lipinski definition) is 0. The average molecular weight is 350 g/mol. The third-order valence-corrected chi connectivity index (χ3v) is 8.93. The molecule has 0 saturated heterocycles. The van der Waals surface area contributed by atoms with Crippen LogP contribution in [0, 0.1) is 0 Å². The number of nitrogens with zero attached hydrogens (tertiary/aromatic N) is 1. The first-order valence-electron chi connectivity index (χ1n) is 8.78. The largest absolute Gasteiger partial charge is 0.490 e. The van der Waals surface area contributed by atoms with Gasteiger partial charge in [0.05, 0.1) is 8.07 Å². The normalized spacial score (nSPS) is 16.2. The Morgan fingerprint density at radius 3 is 2.48 bits per heavy atom. The molecule has 1 unspecified atom stereocenters. The van der Waals surface area contributed by atoms with Crippen LogP contribution in [-0.2, 0) is 0 Å². The van der Waals surface area contributed by atoms with E-state index in [1.165, 1.54) is 22.0 Å². The van der Waals surface area contributed by atoms with E-state index in [4.69, 9.17) is 4.74 Å². The third kappa shape index (κ3) is 3.16. The van der Waals surface area contributed by atoms with Crippen molar-refractivity contribution in [3.8, 4) is 5.75 Å². The molecule has 1 atom stereocenters. The zero-order valence-corrected chi connectivity index (χ0v) is 16.6. The second-order valence-corrected chi connectivity index (χ2v) is 11.9. The molecule has 2 aromatic rings. The molecule has 0 spiro atoms. The number of benzene rings is 2. The van der Waals surface area contributed by atoms with Crippen LogP contribution in [0.3, 0.4) is 0 Å². The van der Waals surface area contributed by atoms with Crippen LogP contribution in [0.15, 0.2) is 66.9 Å². The molecule has 2 aromatic carbocycles. The standard InChI is InChI=1S/C22H27NOSi/c1-6-15-24-20-13-9-10-14-21(20)25(4,5)22-18-12-8-7-11-17(18)16-19(22)23(2)3/h6-14,16,22H,1,15H2,2-5H3. The molecule has 0 N–H and O–H groups in total. The van der Waals surface area contributed by atoms with E-state index in [0.29, 0.717) is 12.1 Å². The van der Waals surface area contributed by atoms with E-state index >= 15 is 0 Å². The van der Waals surface area contributed by atoms with Gasteiger partial charge in [-0.3, -0.25) is 0 Å². The predicted octanol–water partition coefficient (Wildman–Crippen LogP) is 4.41. The summed E-state index contributed by atoms with van der Waals surface area (Å²) in [4.78, 5) is 2.27. The van der Waals surface area contributed by atoms with E-state index in [1.54, 1.807) is 6.08 Å². The Balaban J connectivity index is 2.10. The minimum atomic E-state index is -1.89. The molecule has 1 aliphatic carbocycles. The van der Waals surface area contributed by atoms with Crippen molar-refractivity contribution in [3.63, 3.8) is 0 Å². The number of hydrogen-bond acceptors (Lipinski definition) is 2. The van der Waals surface area contributed by atoms with Crippen LogP contribution in [0.25, 0.3) is 6.08 Å². The van der Waals surface area contributed by atoms with E-state index in [0.717, 1.165) is 5.75 Å². The molecule has 0 heterocycles. The molecule has 0 aliphatic heterocycles. The summed E-state index contributed by atoms with van der Waals surface area (Å²) in [5.41, 5.74) is 4.62. The van der Waals surface area contributed by atoms with Gasteiger partial charge < -0.3 is 9.64 Å². The van der Waals surface area contributed by atoms with Crippen LogP contribution in [0.2, 0.25) is 13.1 Å². The number of para-hydroxylation sites is 1. The zero-order valence-electron chi connectivity index (χ0n) is 15.6. The van der Waals surface area contributed by atoms with Gasteiger partial charge in [0.1, 0.15) is 12.4 Å². The summed E-state index contributed by atoms with van der Waals surface area (Å²) in [5.74, 6) is 1.00. The van der Waals surface area contributed by atoms with Crippen LogP contribution in [0.1, 0.15) is 16.7 Å². The fraction of sp³-hybridized carbons (Fsp3) is 0.273. The summed E-state index contributed by atoms with van der Waals surface area (Å²) in [6.45, 7) is 9.22. The summed E-state index contributed by atoms with van der Waals surface area (Å²) in [5, 5.41) is 1.37. The first-order chi connectivity index (χ1) is 12.0. The summed E-state index contributed by atoms with van der Waals surface area (Å²) in [6.07, 6.45) is 4.16. The fourth-order valence-electron chi connectivity index (χ4n) is 3.88. The zero-order chi connectivity index (χ0) is 18.0. The quantitative estimate of drug-likeness (QED) is 0.566. The van der Waals surface area contributed by atoms with Crippen LogP contribution in [0.5, 0.6) is 5.75 Å². The van der Waals surface area contributed by atoms with Crippen LogP contribution in [-0.4, -0.2) is 33.7 Å². The molecular formula is C22H27NOSi. The van der Waals surface area contributed by atoms with E-state index < -0.39 is 8.07 Å². The maximum Gasteiger partial charge on any atom is 0.119 e. The minimum Gasteiger partial charge on any atom is -0.490 e. The molecule has 1 aliphatic rings. The van der Waals surface area contributed by atoms with E-state index in [-0.39, 0.29) is 0 Å². The molecule has 25 heavy (non-hydrogen) atoms. The first kappa shape index (κ1) is 17.6. The summed E-state index contributed by atoms with van der Waals surface area (Å²) < 4.78 is 6.00. The van der Waals surface area contributed by atoms with Crippen molar-refractivity contribution in [2.75, 3.05) is 20.7 Å². The minimum absolute atomic E-state index is 0.423. The number of rotatable bonds is 6. The Morgan fingerprint density at radius 2 is 1.76 bits per heavy atom. The van der Waals surface area contributed by atoms with E-state index in [1.807, 2.05) is 0 Å². The molecule has 0 fully saturated rings. The van der Waals surface area contributed by atoms with Gasteiger partial charge in [-0.1, -0.05) is 68.2 Å². The Labute approximate surface area is 152 Å². The molecular weight excluding hydrogens is 322 g/mol. The lowest BCUT2D eigenvalue weighted by molar-refractivity contribution is 0.366.